The van der Waals surface area contributed by atoms with Crippen LogP contribution in [0, 0.1) is 5.92 Å². The molecule has 0 unspecified atom stereocenters. The summed E-state index contributed by atoms with van der Waals surface area (Å²) in [6, 6.07) is 11.1. The maximum Gasteiger partial charge on any atom is 0.262 e. The molecule has 0 radical (unpaired) electrons. The van der Waals surface area contributed by atoms with E-state index in [1.165, 1.54) is 24.6 Å². The summed E-state index contributed by atoms with van der Waals surface area (Å²) in [6.45, 7) is 1.11. The van der Waals surface area contributed by atoms with Crippen molar-refractivity contribution in [3.8, 4) is 0 Å². The summed E-state index contributed by atoms with van der Waals surface area (Å²) in [5, 5.41) is 4.07. The van der Waals surface area contributed by atoms with Crippen LogP contribution in [0.5, 0.6) is 0 Å². The van der Waals surface area contributed by atoms with E-state index in [9.17, 15) is 9.59 Å². The molecule has 1 N–H and O–H groups in total. The van der Waals surface area contributed by atoms with E-state index in [0.29, 0.717) is 28.5 Å². The zero-order valence-corrected chi connectivity index (χ0v) is 15.6. The fourth-order valence-electron chi connectivity index (χ4n) is 2.83. The second kappa shape index (κ2) is 7.92. The first-order valence-electron chi connectivity index (χ1n) is 8.98. The first-order valence-corrected chi connectivity index (χ1v) is 9.97. The lowest BCUT2D eigenvalue weighted by atomic mass is 10.2. The molecule has 27 heavy (non-hydrogen) atoms. The lowest BCUT2D eigenvalue weighted by Crippen LogP contribution is -2.28. The molecule has 0 saturated heterocycles. The molecule has 1 aliphatic carbocycles. The highest BCUT2D eigenvalue weighted by molar-refractivity contribution is 7.99. The number of hydrogen-bond acceptors (Lipinski definition) is 5. The molecule has 7 heteroatoms. The third kappa shape index (κ3) is 4.36. The molecule has 1 fully saturated rings. The maximum atomic E-state index is 13.0. The van der Waals surface area contributed by atoms with Gasteiger partial charge >= 0.3 is 0 Å². The standard InChI is InChI=1S/C20H20N4O2S/c25-18(22-11-14-7-8-14)13-27-20-23-17-6-2-1-5-16(17)19(26)24(20)12-15-4-3-9-21-10-15/h1-6,9-10,14H,7-8,11-13H2,(H,22,25). The van der Waals surface area contributed by atoms with Gasteiger partial charge in [0, 0.05) is 18.9 Å². The fourth-order valence-corrected chi connectivity index (χ4v) is 3.66. The highest BCUT2D eigenvalue weighted by Gasteiger charge is 2.21. The average molecular weight is 380 g/mol. The molecular weight excluding hydrogens is 360 g/mol. The molecule has 3 aromatic rings. The highest BCUT2D eigenvalue weighted by atomic mass is 32.2. The van der Waals surface area contributed by atoms with Crippen LogP contribution in [-0.4, -0.2) is 32.7 Å². The summed E-state index contributed by atoms with van der Waals surface area (Å²) in [5.74, 6) is 0.855. The number of fused-ring (bicyclic) bond motifs is 1. The number of nitrogens with zero attached hydrogens (tertiary/aromatic N) is 3. The Hall–Kier alpha value is -2.67. The predicted molar refractivity (Wildman–Crippen MR) is 106 cm³/mol. The Kier molecular flexibility index (Phi) is 5.20. The summed E-state index contributed by atoms with van der Waals surface area (Å²) in [6.07, 6.45) is 5.83. The van der Waals surface area contributed by atoms with Crippen LogP contribution >= 0.6 is 11.8 Å². The Morgan fingerprint density at radius 3 is 2.85 bits per heavy atom. The SMILES string of the molecule is O=C(CSc1nc2ccccc2c(=O)n1Cc1cccnc1)NCC1CC1. The first-order chi connectivity index (χ1) is 13.2. The van der Waals surface area contributed by atoms with E-state index in [-0.39, 0.29) is 17.2 Å². The number of pyridine rings is 1. The van der Waals surface area contributed by atoms with Crippen molar-refractivity contribution in [2.24, 2.45) is 5.92 Å². The van der Waals surface area contributed by atoms with Gasteiger partial charge in [-0.25, -0.2) is 4.98 Å². The number of nitrogens with one attached hydrogen (secondary N) is 1. The van der Waals surface area contributed by atoms with Gasteiger partial charge in [-0.15, -0.1) is 0 Å². The van der Waals surface area contributed by atoms with E-state index in [1.807, 2.05) is 30.3 Å². The molecule has 1 amide bonds. The normalized spacial score (nSPS) is 13.6. The molecule has 0 bridgehead atoms. The van der Waals surface area contributed by atoms with Crippen molar-refractivity contribution in [3.05, 3.63) is 64.7 Å². The van der Waals surface area contributed by atoms with E-state index in [1.54, 1.807) is 23.0 Å². The van der Waals surface area contributed by atoms with Crippen LogP contribution < -0.4 is 10.9 Å². The van der Waals surface area contributed by atoms with Crippen LogP contribution in [0.25, 0.3) is 10.9 Å². The Labute approximate surface area is 161 Å². The van der Waals surface area contributed by atoms with Gasteiger partial charge in [0.15, 0.2) is 5.16 Å². The van der Waals surface area contributed by atoms with E-state index < -0.39 is 0 Å². The largest absolute Gasteiger partial charge is 0.355 e. The van der Waals surface area contributed by atoms with E-state index in [0.717, 1.165) is 12.1 Å². The number of hydrogen-bond donors (Lipinski definition) is 1. The van der Waals surface area contributed by atoms with Crippen LogP contribution in [0.2, 0.25) is 0 Å². The first kappa shape index (κ1) is 17.7. The van der Waals surface area contributed by atoms with E-state index >= 15 is 0 Å². The third-order valence-electron chi connectivity index (χ3n) is 4.51. The highest BCUT2D eigenvalue weighted by Crippen LogP contribution is 2.27. The Balaban J connectivity index is 1.61. The van der Waals surface area contributed by atoms with Crippen LogP contribution in [0.3, 0.4) is 0 Å². The summed E-state index contributed by atoms with van der Waals surface area (Å²) in [4.78, 5) is 33.9. The quantitative estimate of drug-likeness (QED) is 0.503. The Morgan fingerprint density at radius 2 is 2.07 bits per heavy atom. The number of carbonyl (C=O) groups excluding carboxylic acids is 1. The molecule has 138 valence electrons. The molecule has 4 rings (SSSR count). The summed E-state index contributed by atoms with van der Waals surface area (Å²) < 4.78 is 1.62. The third-order valence-corrected chi connectivity index (χ3v) is 5.48. The molecule has 0 aliphatic heterocycles. The second-order valence-corrected chi connectivity index (χ2v) is 7.64. The van der Waals surface area contributed by atoms with Gasteiger partial charge in [0.05, 0.1) is 23.2 Å². The minimum Gasteiger partial charge on any atom is -0.355 e. The van der Waals surface area contributed by atoms with Gasteiger partial charge in [0.1, 0.15) is 0 Å². The van der Waals surface area contributed by atoms with Gasteiger partial charge in [0.25, 0.3) is 5.56 Å². The number of benzene rings is 1. The van der Waals surface area contributed by atoms with Gasteiger partial charge in [-0.3, -0.25) is 19.1 Å². The summed E-state index contributed by atoms with van der Waals surface area (Å²) in [5.41, 5.74) is 1.45. The molecule has 0 atom stereocenters. The van der Waals surface area contributed by atoms with Crippen LogP contribution in [0.1, 0.15) is 18.4 Å². The Bertz CT molecular complexity index is 1020. The second-order valence-electron chi connectivity index (χ2n) is 6.70. The zero-order valence-electron chi connectivity index (χ0n) is 14.8. The molecule has 1 aromatic carbocycles. The summed E-state index contributed by atoms with van der Waals surface area (Å²) >= 11 is 1.29. The van der Waals surface area contributed by atoms with Crippen LogP contribution in [-0.2, 0) is 11.3 Å². The average Bonchev–Trinajstić information content (AvgIpc) is 3.52. The number of carbonyl (C=O) groups is 1. The number of para-hydroxylation sites is 1. The minimum absolute atomic E-state index is 0.0257. The maximum absolute atomic E-state index is 13.0. The molecule has 1 aliphatic rings. The van der Waals surface area contributed by atoms with Crippen molar-refractivity contribution in [1.29, 1.82) is 0 Å². The van der Waals surface area contributed by atoms with Crippen molar-refractivity contribution in [2.75, 3.05) is 12.3 Å². The minimum atomic E-state index is -0.106. The van der Waals surface area contributed by atoms with Gasteiger partial charge in [-0.05, 0) is 42.5 Å². The van der Waals surface area contributed by atoms with E-state index in [4.69, 9.17) is 0 Å². The monoisotopic (exact) mass is 380 g/mol. The molecular formula is C20H20N4O2S. The number of rotatable bonds is 7. The number of thioether (sulfide) groups is 1. The smallest absolute Gasteiger partial charge is 0.262 e. The van der Waals surface area contributed by atoms with Gasteiger partial charge in [0.2, 0.25) is 5.91 Å². The summed E-state index contributed by atoms with van der Waals surface area (Å²) in [7, 11) is 0. The van der Waals surface area contributed by atoms with Crippen molar-refractivity contribution in [3.63, 3.8) is 0 Å². The van der Waals surface area contributed by atoms with Crippen molar-refractivity contribution in [1.82, 2.24) is 19.9 Å². The fraction of sp³-hybridized carbons (Fsp3) is 0.300. The van der Waals surface area contributed by atoms with Gasteiger partial charge in [-0.2, -0.15) is 0 Å². The van der Waals surface area contributed by atoms with Crippen molar-refractivity contribution < 1.29 is 4.79 Å². The van der Waals surface area contributed by atoms with Crippen LogP contribution in [0.15, 0.2) is 58.7 Å². The van der Waals surface area contributed by atoms with Gasteiger partial charge in [-0.1, -0.05) is 30.0 Å². The molecule has 2 aromatic heterocycles. The lowest BCUT2D eigenvalue weighted by molar-refractivity contribution is -0.118. The number of aromatic nitrogens is 3. The molecule has 1 saturated carbocycles. The van der Waals surface area contributed by atoms with Crippen molar-refractivity contribution >= 4 is 28.6 Å². The molecule has 0 spiro atoms. The predicted octanol–water partition coefficient (Wildman–Crippen LogP) is 2.46. The lowest BCUT2D eigenvalue weighted by Gasteiger charge is -2.13. The molecule has 6 nitrogen and oxygen atoms in total. The molecule has 2 heterocycles. The van der Waals surface area contributed by atoms with Gasteiger partial charge < -0.3 is 5.32 Å². The number of amides is 1. The topological polar surface area (TPSA) is 76.9 Å². The Morgan fingerprint density at radius 1 is 1.22 bits per heavy atom. The van der Waals surface area contributed by atoms with E-state index in [2.05, 4.69) is 15.3 Å². The van der Waals surface area contributed by atoms with Crippen LogP contribution in [0.4, 0.5) is 0 Å². The zero-order chi connectivity index (χ0) is 18.6. The van der Waals surface area contributed by atoms with Crippen molar-refractivity contribution in [2.45, 2.75) is 24.5 Å².